The minimum absolute atomic E-state index is 0.0197. The summed E-state index contributed by atoms with van der Waals surface area (Å²) < 4.78 is 34.0. The van der Waals surface area contributed by atoms with Crippen molar-refractivity contribution in [2.24, 2.45) is 0 Å². The first-order chi connectivity index (χ1) is 11.4. The number of aliphatic hydroxyl groups excluding tert-OH is 1. The van der Waals surface area contributed by atoms with Crippen LogP contribution in [0.25, 0.3) is 0 Å². The van der Waals surface area contributed by atoms with E-state index in [0.717, 1.165) is 11.5 Å². The Kier molecular flexibility index (Phi) is 6.31. The topological polar surface area (TPSA) is 71.7 Å². The van der Waals surface area contributed by atoms with E-state index in [4.69, 9.17) is 4.42 Å². The monoisotopic (exact) mass is 339 g/mol. The summed E-state index contributed by atoms with van der Waals surface area (Å²) in [6.07, 6.45) is -0.317. The largest absolute Gasteiger partial charge is 0.466 e. The molecule has 0 bridgehead atoms. The average molecular weight is 339 g/mol. The van der Waals surface area contributed by atoms with Crippen molar-refractivity contribution in [1.82, 2.24) is 5.32 Å². The van der Waals surface area contributed by atoms with Gasteiger partial charge in [-0.05, 0) is 36.8 Å². The summed E-state index contributed by atoms with van der Waals surface area (Å²) in [6.45, 7) is -1.12. The van der Waals surface area contributed by atoms with Crippen molar-refractivity contribution in [3.63, 3.8) is 0 Å². The van der Waals surface area contributed by atoms with Gasteiger partial charge >= 0.3 is 6.61 Å². The molecule has 2 N–H and O–H groups in total. The zero-order valence-electron chi connectivity index (χ0n) is 13.2. The Hall–Kier alpha value is -2.41. The summed E-state index contributed by atoms with van der Waals surface area (Å²) in [5, 5.41) is 12.6. The van der Waals surface area contributed by atoms with Crippen LogP contribution in [0, 0.1) is 6.92 Å². The van der Waals surface area contributed by atoms with Crippen LogP contribution in [-0.4, -0.2) is 24.2 Å². The van der Waals surface area contributed by atoms with Crippen molar-refractivity contribution in [3.05, 3.63) is 53.5 Å². The Morgan fingerprint density at radius 3 is 2.79 bits per heavy atom. The lowest BCUT2D eigenvalue weighted by Crippen LogP contribution is -2.28. The first-order valence-corrected chi connectivity index (χ1v) is 7.49. The van der Waals surface area contributed by atoms with Crippen LogP contribution in [0.15, 0.2) is 40.8 Å². The Labute approximate surface area is 138 Å². The molecule has 24 heavy (non-hydrogen) atoms. The van der Waals surface area contributed by atoms with Crippen LogP contribution >= 0.6 is 0 Å². The van der Waals surface area contributed by atoms with E-state index >= 15 is 0 Å². The van der Waals surface area contributed by atoms with Gasteiger partial charge in [-0.2, -0.15) is 8.78 Å². The molecule has 0 radical (unpaired) electrons. The van der Waals surface area contributed by atoms with E-state index in [0.29, 0.717) is 12.0 Å². The van der Waals surface area contributed by atoms with Gasteiger partial charge in [0.25, 0.3) is 0 Å². The second-order valence-corrected chi connectivity index (χ2v) is 5.28. The van der Waals surface area contributed by atoms with Crippen molar-refractivity contribution in [3.8, 4) is 5.75 Å². The Morgan fingerprint density at radius 1 is 1.33 bits per heavy atom. The molecule has 1 atom stereocenters. The van der Waals surface area contributed by atoms with Gasteiger partial charge < -0.3 is 19.6 Å². The summed E-state index contributed by atoms with van der Waals surface area (Å²) >= 11 is 0. The fourth-order valence-electron chi connectivity index (χ4n) is 2.17. The number of rotatable bonds is 8. The lowest BCUT2D eigenvalue weighted by atomic mass is 10.1. The highest BCUT2D eigenvalue weighted by Crippen LogP contribution is 2.20. The van der Waals surface area contributed by atoms with Crippen LogP contribution in [0.5, 0.6) is 5.75 Å². The number of nitrogens with one attached hydrogen (secondary N) is 1. The first kappa shape index (κ1) is 17.9. The highest BCUT2D eigenvalue weighted by atomic mass is 19.3. The normalized spacial score (nSPS) is 12.2. The second kappa shape index (κ2) is 8.44. The van der Waals surface area contributed by atoms with Gasteiger partial charge in [-0.3, -0.25) is 4.79 Å². The number of amides is 1. The van der Waals surface area contributed by atoms with Crippen LogP contribution in [0.4, 0.5) is 8.78 Å². The average Bonchev–Trinajstić information content (AvgIpc) is 2.95. The van der Waals surface area contributed by atoms with Crippen LogP contribution in [0.3, 0.4) is 0 Å². The number of halogens is 2. The Bertz CT molecular complexity index is 672. The molecule has 0 aliphatic carbocycles. The Morgan fingerprint density at radius 2 is 2.12 bits per heavy atom. The predicted molar refractivity (Wildman–Crippen MR) is 82.8 cm³/mol. The molecule has 1 amide bonds. The molecule has 1 aromatic heterocycles. The van der Waals surface area contributed by atoms with E-state index in [9.17, 15) is 18.7 Å². The minimum Gasteiger partial charge on any atom is -0.466 e. The molecule has 5 nitrogen and oxygen atoms in total. The number of furan rings is 1. The fraction of sp³-hybridized carbons (Fsp3) is 0.353. The number of carbonyl (C=O) groups excluding carboxylic acids is 1. The number of benzene rings is 1. The molecule has 0 aliphatic heterocycles. The van der Waals surface area contributed by atoms with Gasteiger partial charge in [0, 0.05) is 19.4 Å². The zero-order valence-corrected chi connectivity index (χ0v) is 13.2. The van der Waals surface area contributed by atoms with Crippen molar-refractivity contribution < 1.29 is 27.8 Å². The summed E-state index contributed by atoms with van der Waals surface area (Å²) in [4.78, 5) is 11.8. The lowest BCUT2D eigenvalue weighted by Gasteiger charge is -2.13. The van der Waals surface area contributed by atoms with Gasteiger partial charge in [0.05, 0.1) is 6.10 Å². The third kappa shape index (κ3) is 5.66. The first-order valence-electron chi connectivity index (χ1n) is 7.49. The summed E-state index contributed by atoms with van der Waals surface area (Å²) in [7, 11) is 0. The quantitative estimate of drug-likeness (QED) is 0.776. The van der Waals surface area contributed by atoms with E-state index in [-0.39, 0.29) is 24.6 Å². The highest BCUT2D eigenvalue weighted by molar-refractivity contribution is 5.76. The lowest BCUT2D eigenvalue weighted by molar-refractivity contribution is -0.121. The molecule has 1 heterocycles. The molecular weight excluding hydrogens is 320 g/mol. The molecule has 1 unspecified atom stereocenters. The number of hydrogen-bond donors (Lipinski definition) is 2. The zero-order chi connectivity index (χ0) is 17.5. The third-order valence-electron chi connectivity index (χ3n) is 3.36. The third-order valence-corrected chi connectivity index (χ3v) is 3.36. The minimum atomic E-state index is -2.93. The maximum absolute atomic E-state index is 12.2. The van der Waals surface area contributed by atoms with Gasteiger partial charge in [0.2, 0.25) is 5.91 Å². The standard InChI is InChI=1S/C17H19F2NO4/c1-11-5-6-13(23-11)7-8-16(22)20-10-15(21)12-3-2-4-14(9-12)24-17(18)19/h2-6,9,15,17,21H,7-8,10H2,1H3,(H,20,22). The van der Waals surface area contributed by atoms with Gasteiger partial charge in [-0.15, -0.1) is 0 Å². The maximum Gasteiger partial charge on any atom is 0.387 e. The number of aliphatic hydroxyl groups is 1. The van der Waals surface area contributed by atoms with Gasteiger partial charge in [0.1, 0.15) is 17.3 Å². The molecule has 0 saturated heterocycles. The second-order valence-electron chi connectivity index (χ2n) is 5.28. The number of ether oxygens (including phenoxy) is 1. The molecule has 1 aromatic carbocycles. The summed E-state index contributed by atoms with van der Waals surface area (Å²) in [5.41, 5.74) is 0.384. The van der Waals surface area contributed by atoms with Gasteiger partial charge in [0.15, 0.2) is 0 Å². The number of carbonyl (C=O) groups is 1. The van der Waals surface area contributed by atoms with Crippen molar-refractivity contribution in [2.45, 2.75) is 32.5 Å². The van der Waals surface area contributed by atoms with E-state index in [1.807, 2.05) is 19.1 Å². The van der Waals surface area contributed by atoms with E-state index in [1.165, 1.54) is 18.2 Å². The van der Waals surface area contributed by atoms with Crippen LogP contribution in [0.2, 0.25) is 0 Å². The van der Waals surface area contributed by atoms with Crippen molar-refractivity contribution in [1.29, 1.82) is 0 Å². The molecule has 7 heteroatoms. The molecule has 2 aromatic rings. The summed E-state index contributed by atoms with van der Waals surface area (Å²) in [5.74, 6) is 1.23. The van der Waals surface area contributed by atoms with Gasteiger partial charge in [-0.1, -0.05) is 12.1 Å². The Balaban J connectivity index is 1.79. The van der Waals surface area contributed by atoms with Gasteiger partial charge in [-0.25, -0.2) is 0 Å². The number of aryl methyl sites for hydroxylation is 2. The number of hydrogen-bond acceptors (Lipinski definition) is 4. The number of alkyl halides is 2. The molecule has 130 valence electrons. The van der Waals surface area contributed by atoms with E-state index in [2.05, 4.69) is 10.1 Å². The predicted octanol–water partition coefficient (Wildman–Crippen LogP) is 2.97. The van der Waals surface area contributed by atoms with Crippen LogP contribution < -0.4 is 10.1 Å². The fourth-order valence-corrected chi connectivity index (χ4v) is 2.17. The molecule has 2 rings (SSSR count). The SMILES string of the molecule is Cc1ccc(CCC(=O)NCC(O)c2cccc(OC(F)F)c2)o1. The highest BCUT2D eigenvalue weighted by Gasteiger charge is 2.12. The van der Waals surface area contributed by atoms with Crippen LogP contribution in [-0.2, 0) is 11.2 Å². The van der Waals surface area contributed by atoms with E-state index in [1.54, 1.807) is 6.07 Å². The molecule has 0 aliphatic rings. The smallest absolute Gasteiger partial charge is 0.387 e. The molecular formula is C17H19F2NO4. The van der Waals surface area contributed by atoms with Crippen LogP contribution in [0.1, 0.15) is 29.6 Å². The van der Waals surface area contributed by atoms with Crippen molar-refractivity contribution >= 4 is 5.91 Å². The molecule has 0 saturated carbocycles. The summed E-state index contributed by atoms with van der Waals surface area (Å²) in [6, 6.07) is 9.39. The molecule has 0 fully saturated rings. The maximum atomic E-state index is 12.2. The van der Waals surface area contributed by atoms with Crippen molar-refractivity contribution in [2.75, 3.05) is 6.54 Å². The van der Waals surface area contributed by atoms with E-state index < -0.39 is 12.7 Å². The molecule has 0 spiro atoms.